The van der Waals surface area contributed by atoms with Crippen LogP contribution < -0.4 is 21.3 Å². The number of thioether (sulfide) groups is 1. The second-order valence-corrected chi connectivity index (χ2v) is 22.0. The van der Waals surface area contributed by atoms with E-state index in [1.807, 2.05) is 6.92 Å². The minimum absolute atomic E-state index is 0.00139. The Morgan fingerprint density at radius 2 is 1.51 bits per heavy atom. The number of aliphatic carboxylic acids is 1. The fourth-order valence-corrected chi connectivity index (χ4v) is 14.8. The van der Waals surface area contributed by atoms with E-state index < -0.39 is 23.1 Å². The molecule has 68 heavy (non-hydrogen) atoms. The summed E-state index contributed by atoms with van der Waals surface area (Å²) in [5.74, 6) is -0.669. The van der Waals surface area contributed by atoms with E-state index >= 15 is 0 Å². The number of cyclic esters (lactones) is 1. The Bertz CT molecular complexity index is 1780. The molecule has 3 aliphatic heterocycles. The topological polar surface area (TPSA) is 250 Å². The van der Waals surface area contributed by atoms with Crippen LogP contribution in [0.25, 0.3) is 0 Å². The highest BCUT2D eigenvalue weighted by molar-refractivity contribution is 8.00. The standard InChI is InChI=1S/C49H78N4O14S/c1-47-15-13-33(27-32(47)11-12-35-36(47)28-38(54)48(2)34(14-16-49(35,48)61)31-26-42(59)67-29-31)66-30-40(56)50-17-7-3-4-9-39(55)51-18-19-62-20-21-63-22-23-64-24-25-65-45-44-43(52-46(60)53-44)37(68-45)8-5-6-10-41(57)58/h26,32-38,43-45,54,61H,3-25,27-30H2,1-2H3,(H,50,56)(H,51,55)(H,57,58)(H2,52,53,60)/t32-,33+,34-,35?,36+,37+,38-,43-,44-,45-,47+,48+,49+/m1/s1. The number of aliphatic hydroxyl groups excluding tert-OH is 1. The van der Waals surface area contributed by atoms with Crippen molar-refractivity contribution in [3.63, 3.8) is 0 Å². The quantitative estimate of drug-likeness (QED) is 0.0336. The van der Waals surface area contributed by atoms with Crippen molar-refractivity contribution in [3.8, 4) is 0 Å². The number of hydrogen-bond acceptors (Lipinski definition) is 14. The molecule has 4 aliphatic carbocycles. The number of esters is 1. The molecule has 13 atom stereocenters. The molecule has 0 aromatic carbocycles. The molecule has 3 heterocycles. The number of hydrogen-bond donors (Lipinski definition) is 7. The Hall–Kier alpha value is -3.04. The Labute approximate surface area is 405 Å². The average Bonchev–Trinajstić information content (AvgIpc) is 4.07. The summed E-state index contributed by atoms with van der Waals surface area (Å²) in [4.78, 5) is 59.6. The van der Waals surface area contributed by atoms with Gasteiger partial charge >= 0.3 is 18.0 Å². The van der Waals surface area contributed by atoms with Crippen molar-refractivity contribution in [2.75, 3.05) is 72.6 Å². The van der Waals surface area contributed by atoms with Gasteiger partial charge < -0.3 is 65.0 Å². The normalized spacial score (nSPS) is 35.9. The molecular formula is C49H78N4O14S. The molecule has 18 nitrogen and oxygen atoms in total. The Kier molecular flexibility index (Phi) is 18.9. The molecule has 6 fully saturated rings. The number of aliphatic hydroxyl groups is 2. The van der Waals surface area contributed by atoms with Gasteiger partial charge in [0.2, 0.25) is 11.8 Å². The molecule has 0 aromatic heterocycles. The van der Waals surface area contributed by atoms with Crippen LogP contribution in [0, 0.1) is 34.5 Å². The van der Waals surface area contributed by atoms with Crippen molar-refractivity contribution >= 4 is 41.5 Å². The van der Waals surface area contributed by atoms with E-state index in [1.165, 1.54) is 0 Å². The lowest BCUT2D eigenvalue weighted by Gasteiger charge is -2.65. The molecule has 0 aromatic rings. The second-order valence-electron chi connectivity index (χ2n) is 20.6. The predicted molar refractivity (Wildman–Crippen MR) is 250 cm³/mol. The van der Waals surface area contributed by atoms with Gasteiger partial charge in [-0.1, -0.05) is 26.7 Å². The maximum Gasteiger partial charge on any atom is 0.331 e. The van der Waals surface area contributed by atoms with Gasteiger partial charge in [-0.25, -0.2) is 9.59 Å². The number of carbonyl (C=O) groups excluding carboxylic acids is 4. The third-order valence-corrected chi connectivity index (χ3v) is 18.4. The first-order valence-corrected chi connectivity index (χ1v) is 26.4. The first-order chi connectivity index (χ1) is 32.7. The third-order valence-electron chi connectivity index (χ3n) is 16.8. The first kappa shape index (κ1) is 52.8. The maximum absolute atomic E-state index is 12.7. The van der Waals surface area contributed by atoms with E-state index in [2.05, 4.69) is 28.2 Å². The fourth-order valence-electron chi connectivity index (χ4n) is 13.1. The molecule has 4 saturated carbocycles. The minimum atomic E-state index is -0.996. The minimum Gasteiger partial charge on any atom is -0.481 e. The number of carboxylic acid groups (broad SMARTS) is 1. The van der Waals surface area contributed by atoms with E-state index in [-0.39, 0.29) is 95.5 Å². The molecule has 0 bridgehead atoms. The zero-order valence-corrected chi connectivity index (χ0v) is 41.0. The molecule has 0 spiro atoms. The molecule has 2 saturated heterocycles. The van der Waals surface area contributed by atoms with Crippen LogP contribution in [0.5, 0.6) is 0 Å². The van der Waals surface area contributed by atoms with E-state index in [0.29, 0.717) is 90.9 Å². The molecule has 7 aliphatic rings. The number of amides is 4. The summed E-state index contributed by atoms with van der Waals surface area (Å²) in [5, 5.41) is 45.1. The van der Waals surface area contributed by atoms with Crippen molar-refractivity contribution in [1.29, 1.82) is 0 Å². The number of fused-ring (bicyclic) bond motifs is 6. The van der Waals surface area contributed by atoms with E-state index in [4.69, 9.17) is 33.5 Å². The number of urea groups is 1. The Morgan fingerprint density at radius 3 is 2.26 bits per heavy atom. The number of rotatable bonds is 28. The van der Waals surface area contributed by atoms with Gasteiger partial charge in [0, 0.05) is 42.7 Å². The highest BCUT2D eigenvalue weighted by Gasteiger charge is 2.71. The summed E-state index contributed by atoms with van der Waals surface area (Å²) in [6.45, 7) is 8.38. The summed E-state index contributed by atoms with van der Waals surface area (Å²) in [7, 11) is 0. The lowest BCUT2D eigenvalue weighted by Crippen LogP contribution is -2.67. The van der Waals surface area contributed by atoms with Crippen LogP contribution in [0.2, 0.25) is 0 Å². The molecule has 7 N–H and O–H groups in total. The van der Waals surface area contributed by atoms with Crippen LogP contribution in [0.4, 0.5) is 4.79 Å². The van der Waals surface area contributed by atoms with Gasteiger partial charge in [0.15, 0.2) is 0 Å². The molecule has 0 radical (unpaired) electrons. The van der Waals surface area contributed by atoms with Crippen molar-refractivity contribution < 1.29 is 67.7 Å². The van der Waals surface area contributed by atoms with Gasteiger partial charge in [0.25, 0.3) is 0 Å². The number of carbonyl (C=O) groups is 5. The van der Waals surface area contributed by atoms with Crippen molar-refractivity contribution in [2.45, 2.75) is 157 Å². The molecule has 384 valence electrons. The monoisotopic (exact) mass is 979 g/mol. The van der Waals surface area contributed by atoms with Gasteiger partial charge in [-0.05, 0) is 112 Å². The van der Waals surface area contributed by atoms with Crippen molar-refractivity contribution in [3.05, 3.63) is 11.6 Å². The van der Waals surface area contributed by atoms with Gasteiger partial charge in [-0.2, -0.15) is 0 Å². The average molecular weight is 979 g/mol. The van der Waals surface area contributed by atoms with Crippen LogP contribution >= 0.6 is 11.8 Å². The SMILES string of the molecule is C[C@]12CC[C@H](OCC(=O)NCCCCCC(=O)NCCOCCOCCOCCO[C@@H]3S[C@@H](CCCCC(=O)O)[C@H]4NC(=O)N[C@H]43)C[C@H]1CCC1[C@@H]2C[C@@H](O)[C@]2(C)[C@@H](C3=CC(=O)OC3)CC[C@]12O. The van der Waals surface area contributed by atoms with Crippen LogP contribution in [0.3, 0.4) is 0 Å². The fraction of sp³-hybridized carbons (Fsp3) is 0.857. The zero-order valence-electron chi connectivity index (χ0n) is 40.2. The highest BCUT2D eigenvalue weighted by Crippen LogP contribution is 2.70. The third kappa shape index (κ3) is 12.5. The molecule has 19 heteroatoms. The molecule has 7 rings (SSSR count). The van der Waals surface area contributed by atoms with Gasteiger partial charge in [-0.3, -0.25) is 14.4 Å². The van der Waals surface area contributed by atoms with Crippen LogP contribution in [-0.2, 0) is 47.6 Å². The molecule has 4 amide bonds. The summed E-state index contributed by atoms with van der Waals surface area (Å²) in [6, 6.07) is -0.361. The van der Waals surface area contributed by atoms with Crippen LogP contribution in [-0.4, -0.2) is 158 Å². The van der Waals surface area contributed by atoms with Crippen LogP contribution in [0.15, 0.2) is 11.6 Å². The summed E-state index contributed by atoms with van der Waals surface area (Å²) >= 11 is 1.67. The van der Waals surface area contributed by atoms with Crippen LogP contribution in [0.1, 0.15) is 117 Å². The molecule has 1 unspecified atom stereocenters. The lowest BCUT2D eigenvalue weighted by molar-refractivity contribution is -0.245. The van der Waals surface area contributed by atoms with Crippen molar-refractivity contribution in [1.82, 2.24) is 21.3 Å². The Balaban J connectivity index is 0.650. The van der Waals surface area contributed by atoms with Gasteiger partial charge in [-0.15, -0.1) is 11.8 Å². The lowest BCUT2D eigenvalue weighted by atomic mass is 9.42. The van der Waals surface area contributed by atoms with Crippen molar-refractivity contribution in [2.24, 2.45) is 34.5 Å². The summed E-state index contributed by atoms with van der Waals surface area (Å²) in [5.41, 5.74) is -1.02. The summed E-state index contributed by atoms with van der Waals surface area (Å²) < 4.78 is 34.2. The number of carboxylic acids is 1. The first-order valence-electron chi connectivity index (χ1n) is 25.4. The van der Waals surface area contributed by atoms with Gasteiger partial charge in [0.1, 0.15) is 18.6 Å². The smallest absolute Gasteiger partial charge is 0.331 e. The highest BCUT2D eigenvalue weighted by atomic mass is 32.2. The van der Waals surface area contributed by atoms with E-state index in [0.717, 1.165) is 76.2 Å². The zero-order chi connectivity index (χ0) is 48.3. The predicted octanol–water partition coefficient (Wildman–Crippen LogP) is 3.60. The van der Waals surface area contributed by atoms with E-state index in [9.17, 15) is 34.2 Å². The maximum atomic E-state index is 12.7. The Morgan fingerprint density at radius 1 is 0.794 bits per heavy atom. The largest absolute Gasteiger partial charge is 0.481 e. The number of nitrogens with one attached hydrogen (secondary N) is 4. The molecular weight excluding hydrogens is 901 g/mol. The number of ether oxygens (including phenoxy) is 6. The van der Waals surface area contributed by atoms with E-state index in [1.54, 1.807) is 17.8 Å². The summed E-state index contributed by atoms with van der Waals surface area (Å²) in [6.07, 6.45) is 12.5. The second kappa shape index (κ2) is 24.4. The number of unbranched alkanes of at least 4 members (excludes halogenated alkanes) is 3. The van der Waals surface area contributed by atoms with Gasteiger partial charge in [0.05, 0.1) is 76.1 Å².